The fourth-order valence-electron chi connectivity index (χ4n) is 3.18. The van der Waals surface area contributed by atoms with E-state index >= 15 is 0 Å². The third-order valence-electron chi connectivity index (χ3n) is 4.76. The van der Waals surface area contributed by atoms with Crippen molar-refractivity contribution in [3.05, 3.63) is 70.8 Å². The second-order valence-corrected chi connectivity index (χ2v) is 7.60. The van der Waals surface area contributed by atoms with E-state index in [1.807, 2.05) is 6.26 Å². The molecular formula is C22H21NO6S. The Kier molecular flexibility index (Phi) is 6.89. The number of thioether (sulfide) groups is 1. The summed E-state index contributed by atoms with van der Waals surface area (Å²) in [5.41, 5.74) is 1.64. The average molecular weight is 427 g/mol. The van der Waals surface area contributed by atoms with Crippen LogP contribution in [0.4, 0.5) is 0 Å². The first-order valence-electron chi connectivity index (χ1n) is 9.27. The van der Waals surface area contributed by atoms with Gasteiger partial charge in [-0.2, -0.15) is 11.8 Å². The zero-order valence-corrected chi connectivity index (χ0v) is 17.4. The molecule has 7 nitrogen and oxygen atoms in total. The Morgan fingerprint density at radius 2 is 1.60 bits per heavy atom. The molecule has 1 unspecified atom stereocenters. The van der Waals surface area contributed by atoms with Crippen LogP contribution in [0, 0.1) is 0 Å². The van der Waals surface area contributed by atoms with E-state index in [0.29, 0.717) is 34.4 Å². The molecule has 1 aliphatic rings. The number of carbonyl (C=O) groups is 4. The summed E-state index contributed by atoms with van der Waals surface area (Å²) in [6.07, 6.45) is 2.18. The molecule has 1 atom stereocenters. The lowest BCUT2D eigenvalue weighted by atomic mass is 10.1. The topological polar surface area (TPSA) is 90.0 Å². The minimum Gasteiger partial charge on any atom is -0.465 e. The van der Waals surface area contributed by atoms with Crippen molar-refractivity contribution < 1.29 is 28.7 Å². The van der Waals surface area contributed by atoms with Crippen molar-refractivity contribution in [2.75, 3.05) is 19.1 Å². The Hall–Kier alpha value is -3.13. The zero-order valence-electron chi connectivity index (χ0n) is 16.6. The SMILES string of the molecule is COC(=O)c1ccc(COC(=O)C(CCSC)N2C(=O)c3ccccc3C2=O)cc1. The molecule has 156 valence electrons. The fourth-order valence-corrected chi connectivity index (χ4v) is 3.64. The van der Waals surface area contributed by atoms with Crippen molar-refractivity contribution in [3.8, 4) is 0 Å². The summed E-state index contributed by atoms with van der Waals surface area (Å²) in [6, 6.07) is 12.0. The van der Waals surface area contributed by atoms with E-state index in [4.69, 9.17) is 4.74 Å². The van der Waals surface area contributed by atoms with Gasteiger partial charge in [-0.15, -0.1) is 0 Å². The third kappa shape index (κ3) is 4.38. The van der Waals surface area contributed by atoms with Crippen LogP contribution in [0.2, 0.25) is 0 Å². The minimum absolute atomic E-state index is 0.0424. The molecular weight excluding hydrogens is 406 g/mol. The quantitative estimate of drug-likeness (QED) is 0.473. The molecule has 2 aromatic rings. The van der Waals surface area contributed by atoms with E-state index in [2.05, 4.69) is 4.74 Å². The maximum absolute atomic E-state index is 12.8. The van der Waals surface area contributed by atoms with Crippen LogP contribution < -0.4 is 0 Å². The highest BCUT2D eigenvalue weighted by molar-refractivity contribution is 7.98. The largest absolute Gasteiger partial charge is 0.465 e. The molecule has 2 aromatic carbocycles. The number of carbonyl (C=O) groups excluding carboxylic acids is 4. The first kappa shape index (κ1) is 21.6. The van der Waals surface area contributed by atoms with E-state index in [9.17, 15) is 19.2 Å². The van der Waals surface area contributed by atoms with Gasteiger partial charge in [0.15, 0.2) is 0 Å². The van der Waals surface area contributed by atoms with Crippen LogP contribution in [-0.4, -0.2) is 53.8 Å². The molecule has 3 rings (SSSR count). The number of hydrogen-bond donors (Lipinski definition) is 0. The molecule has 0 aliphatic carbocycles. The van der Waals surface area contributed by atoms with Crippen LogP contribution in [-0.2, 0) is 20.9 Å². The van der Waals surface area contributed by atoms with Gasteiger partial charge in [-0.25, -0.2) is 9.59 Å². The number of benzene rings is 2. The van der Waals surface area contributed by atoms with Gasteiger partial charge >= 0.3 is 11.9 Å². The predicted octanol–water partition coefficient (Wildman–Crippen LogP) is 2.93. The lowest BCUT2D eigenvalue weighted by Gasteiger charge is -2.24. The molecule has 8 heteroatoms. The third-order valence-corrected chi connectivity index (χ3v) is 5.40. The number of rotatable bonds is 8. The van der Waals surface area contributed by atoms with E-state index < -0.39 is 29.8 Å². The maximum Gasteiger partial charge on any atom is 0.337 e. The lowest BCUT2D eigenvalue weighted by molar-refractivity contribution is -0.149. The van der Waals surface area contributed by atoms with E-state index in [-0.39, 0.29) is 6.61 Å². The summed E-state index contributed by atoms with van der Waals surface area (Å²) in [7, 11) is 1.30. The van der Waals surface area contributed by atoms with Gasteiger partial charge in [-0.1, -0.05) is 24.3 Å². The first-order chi connectivity index (χ1) is 14.5. The van der Waals surface area contributed by atoms with Crippen LogP contribution in [0.1, 0.15) is 43.1 Å². The fraction of sp³-hybridized carbons (Fsp3) is 0.273. The van der Waals surface area contributed by atoms with E-state index in [1.165, 1.54) is 18.9 Å². The van der Waals surface area contributed by atoms with Crippen LogP contribution in [0.3, 0.4) is 0 Å². The highest BCUT2D eigenvalue weighted by Crippen LogP contribution is 2.26. The van der Waals surface area contributed by atoms with Crippen molar-refractivity contribution in [1.82, 2.24) is 4.90 Å². The molecule has 0 N–H and O–H groups in total. The number of esters is 2. The van der Waals surface area contributed by atoms with Gasteiger partial charge in [0.25, 0.3) is 11.8 Å². The highest BCUT2D eigenvalue weighted by Gasteiger charge is 2.43. The molecule has 0 bridgehead atoms. The van der Waals surface area contributed by atoms with Gasteiger partial charge in [-0.05, 0) is 48.3 Å². The van der Waals surface area contributed by atoms with Crippen LogP contribution in [0.15, 0.2) is 48.5 Å². The molecule has 0 saturated heterocycles. The monoisotopic (exact) mass is 427 g/mol. The van der Waals surface area contributed by atoms with E-state index in [1.54, 1.807) is 48.5 Å². The molecule has 2 amide bonds. The Balaban J connectivity index is 1.73. The van der Waals surface area contributed by atoms with Gasteiger partial charge in [0, 0.05) is 0 Å². The normalized spacial score (nSPS) is 13.7. The van der Waals surface area contributed by atoms with Crippen molar-refractivity contribution >= 4 is 35.5 Å². The smallest absolute Gasteiger partial charge is 0.337 e. The number of amides is 2. The van der Waals surface area contributed by atoms with Crippen molar-refractivity contribution in [3.63, 3.8) is 0 Å². The zero-order chi connectivity index (χ0) is 21.7. The molecule has 1 heterocycles. The molecule has 0 radical (unpaired) electrons. The number of hydrogen-bond acceptors (Lipinski definition) is 7. The minimum atomic E-state index is -1.00. The second-order valence-electron chi connectivity index (χ2n) is 6.62. The summed E-state index contributed by atoms with van der Waals surface area (Å²) >= 11 is 1.51. The van der Waals surface area contributed by atoms with Crippen molar-refractivity contribution in [2.45, 2.75) is 19.1 Å². The summed E-state index contributed by atoms with van der Waals surface area (Å²) in [5.74, 6) is -1.49. The summed E-state index contributed by atoms with van der Waals surface area (Å²) in [5, 5.41) is 0. The first-order valence-corrected chi connectivity index (χ1v) is 10.7. The number of imide groups is 1. The van der Waals surface area contributed by atoms with E-state index in [0.717, 1.165) is 4.90 Å². The van der Waals surface area contributed by atoms with Gasteiger partial charge in [0.2, 0.25) is 0 Å². The molecule has 0 saturated carbocycles. The Morgan fingerprint density at radius 3 is 2.13 bits per heavy atom. The van der Waals surface area contributed by atoms with Gasteiger partial charge in [0.05, 0.1) is 23.8 Å². The molecule has 0 aromatic heterocycles. The standard InChI is InChI=1S/C22H21NO6S/c1-28-21(26)15-9-7-14(8-10-15)13-29-22(27)18(11-12-30-2)23-19(24)16-5-3-4-6-17(16)20(23)25/h3-10,18H,11-13H2,1-2H3. The van der Waals surface area contributed by atoms with Crippen LogP contribution in [0.5, 0.6) is 0 Å². The number of fused-ring (bicyclic) bond motifs is 1. The number of ether oxygens (including phenoxy) is 2. The Bertz CT molecular complexity index is 937. The van der Waals surface area contributed by atoms with Gasteiger partial charge < -0.3 is 9.47 Å². The summed E-state index contributed by atoms with van der Waals surface area (Å²) in [4.78, 5) is 50.9. The maximum atomic E-state index is 12.8. The molecule has 1 aliphatic heterocycles. The average Bonchev–Trinajstić information content (AvgIpc) is 3.03. The molecule has 0 spiro atoms. The highest BCUT2D eigenvalue weighted by atomic mass is 32.2. The number of nitrogens with zero attached hydrogens (tertiary/aromatic N) is 1. The van der Waals surface area contributed by atoms with Crippen molar-refractivity contribution in [2.24, 2.45) is 0 Å². The molecule has 0 fully saturated rings. The van der Waals surface area contributed by atoms with Crippen LogP contribution >= 0.6 is 11.8 Å². The lowest BCUT2D eigenvalue weighted by Crippen LogP contribution is -2.46. The Labute approximate surface area is 178 Å². The predicted molar refractivity (Wildman–Crippen MR) is 111 cm³/mol. The molecule has 30 heavy (non-hydrogen) atoms. The van der Waals surface area contributed by atoms with Gasteiger partial charge in [0.1, 0.15) is 12.6 Å². The summed E-state index contributed by atoms with van der Waals surface area (Å²) < 4.78 is 10.1. The van der Waals surface area contributed by atoms with Crippen molar-refractivity contribution in [1.29, 1.82) is 0 Å². The Morgan fingerprint density at radius 1 is 1.00 bits per heavy atom. The van der Waals surface area contributed by atoms with Gasteiger partial charge in [-0.3, -0.25) is 14.5 Å². The van der Waals surface area contributed by atoms with Crippen LogP contribution in [0.25, 0.3) is 0 Å². The number of methoxy groups -OCH3 is 1. The second kappa shape index (κ2) is 9.58. The summed E-state index contributed by atoms with van der Waals surface area (Å²) in [6.45, 7) is -0.0424.